The predicted octanol–water partition coefficient (Wildman–Crippen LogP) is 11.2. The summed E-state index contributed by atoms with van der Waals surface area (Å²) >= 11 is 0. The monoisotopic (exact) mass is 1890 g/mol. The fourth-order valence-corrected chi connectivity index (χ4v) is 7.72. The van der Waals surface area contributed by atoms with Crippen molar-refractivity contribution in [2.75, 3.05) is 0 Å². The molecule has 3 unspecified atom stereocenters. The van der Waals surface area contributed by atoms with Gasteiger partial charge in [0.1, 0.15) is 5.80 Å². The number of carbonyl (C=O) groups excluding carboxylic acids is 8. The maximum Gasteiger partial charge on any atom is 2.00 e. The van der Waals surface area contributed by atoms with E-state index in [0.29, 0.717) is 23.1 Å². The minimum atomic E-state index is 0. The zero-order chi connectivity index (χ0) is 63.7. The van der Waals surface area contributed by atoms with Gasteiger partial charge >= 0.3 is 19.5 Å². The van der Waals surface area contributed by atoms with Crippen LogP contribution in [0.15, 0.2) is 218 Å². The number of aromatic nitrogens is 11. The van der Waals surface area contributed by atoms with Crippen molar-refractivity contribution >= 4 is 102 Å². The summed E-state index contributed by atoms with van der Waals surface area (Å²) in [5, 5.41) is 5.80. The van der Waals surface area contributed by atoms with Crippen LogP contribution in [0.3, 0.4) is 0 Å². The smallest absolute Gasteiger partial charge is 0.545 e. The van der Waals surface area contributed by atoms with E-state index < -0.39 is 0 Å². The quantitative estimate of drug-likeness (QED) is 0.0878. The number of fused-ring (bicyclic) bond motifs is 3. The summed E-state index contributed by atoms with van der Waals surface area (Å²) in [6.45, 7) is 30.1. The number of imidazole rings is 3. The van der Waals surface area contributed by atoms with E-state index in [9.17, 15) is 0 Å². The third kappa shape index (κ3) is 34.0. The second-order valence-corrected chi connectivity index (χ2v) is 16.6. The summed E-state index contributed by atoms with van der Waals surface area (Å²) in [7, 11) is 0.788. The summed E-state index contributed by atoms with van der Waals surface area (Å²) in [6, 6.07) is 60.5. The molecule has 3 aromatic carbocycles. The number of rotatable bonds is 5. The fraction of sp³-hybridized carbons (Fsp3) is 0.0588. The Morgan fingerprint density at radius 1 is 0.394 bits per heavy atom. The van der Waals surface area contributed by atoms with Gasteiger partial charge in [0, 0.05) is 103 Å². The Balaban J connectivity index is -0.000000152. The van der Waals surface area contributed by atoms with E-state index in [1.165, 1.54) is 10.9 Å². The molecule has 0 saturated carbocycles. The molecule has 26 heteroatoms. The molecule has 10 heterocycles. The number of nitrogens with zero attached hydrogens (tertiary/aromatic N) is 13. The van der Waals surface area contributed by atoms with Crippen LogP contribution in [0.5, 0.6) is 0 Å². The molecule has 12 aromatic rings. The molecule has 9 aromatic heterocycles. The van der Waals surface area contributed by atoms with E-state index >= 15 is 0 Å². The SMILES string of the molecule is CC1N=C(c2ccccn2)[N-]C1C.[CH-]=O.[CH-]=O.[CH-]=O.[CH-]=O.[CH-]=O.[CH-]=O.[CH-]=O.[CH-]=O.[CH3-].[CH3-].[CH3-].[CH3-].[Re].[Re].[Re].[Rh+2].[c-]1ccccc1-c1cccc[pH+]1.c1ccc(-c2nc3ccccc3[n-]2)nc1.c1ccc(-c2nc3ccccc3[n-]2)nc1.c1ccc(-c2nc3cccnc3[n-]2)nc1. The minimum Gasteiger partial charge on any atom is -0.545 e. The van der Waals surface area contributed by atoms with Crippen LogP contribution in [-0.2, 0) is 119 Å². The van der Waals surface area contributed by atoms with Gasteiger partial charge in [0.2, 0.25) is 0 Å². The van der Waals surface area contributed by atoms with E-state index in [1.807, 2.05) is 146 Å². The van der Waals surface area contributed by atoms with Crippen molar-refractivity contribution in [3.05, 3.63) is 259 Å². The van der Waals surface area contributed by atoms with Gasteiger partial charge in [0.15, 0.2) is 0 Å². The Hall–Kier alpha value is -9.09. The summed E-state index contributed by atoms with van der Waals surface area (Å²) in [6.07, 6.45) is 8.69. The van der Waals surface area contributed by atoms with Gasteiger partial charge in [-0.2, -0.15) is 0 Å². The Bertz CT molecular complexity index is 3300. The van der Waals surface area contributed by atoms with Gasteiger partial charge in [-0.15, -0.1) is 35.9 Å². The first-order valence-electron chi connectivity index (χ1n) is 24.3. The number of benzene rings is 3. The van der Waals surface area contributed by atoms with Crippen LogP contribution in [0.4, 0.5) is 0 Å². The van der Waals surface area contributed by atoms with Gasteiger partial charge in [0.05, 0.1) is 36.3 Å². The van der Waals surface area contributed by atoms with Gasteiger partial charge < -0.3 is 113 Å². The first-order chi connectivity index (χ1) is 42.5. The molecule has 94 heavy (non-hydrogen) atoms. The number of aliphatic imine (C=N–C) groups is 1. The van der Waals surface area contributed by atoms with Crippen molar-refractivity contribution in [3.8, 4) is 45.4 Å². The molecule has 1 aliphatic rings. The number of para-hydroxylation sites is 4. The van der Waals surface area contributed by atoms with E-state index in [0.717, 1.165) is 64.4 Å². The van der Waals surface area contributed by atoms with E-state index in [2.05, 4.69) is 175 Å². The zero-order valence-electron chi connectivity index (χ0n) is 51.5. The molecule has 0 amide bonds. The average molecular weight is 1880 g/mol. The van der Waals surface area contributed by atoms with E-state index in [-0.39, 0.29) is 123 Å². The summed E-state index contributed by atoms with van der Waals surface area (Å²) in [4.78, 5) is 114. The minimum absolute atomic E-state index is 0. The first-order valence-corrected chi connectivity index (χ1v) is 25.4. The van der Waals surface area contributed by atoms with Gasteiger partial charge in [0.25, 0.3) is 0 Å². The van der Waals surface area contributed by atoms with Gasteiger partial charge in [-0.25, -0.2) is 0 Å². The molecular formula is C68H64N13O8PRe3Rh-14. The third-order valence-electron chi connectivity index (χ3n) is 10.5. The van der Waals surface area contributed by atoms with Crippen LogP contribution >= 0.6 is 8.19 Å². The van der Waals surface area contributed by atoms with E-state index in [1.54, 1.807) is 31.0 Å². The molecule has 0 saturated heterocycles. The van der Waals surface area contributed by atoms with Crippen molar-refractivity contribution in [1.82, 2.24) is 54.8 Å². The maximum atomic E-state index is 7.75. The van der Waals surface area contributed by atoms with Crippen molar-refractivity contribution in [2.24, 2.45) is 4.99 Å². The van der Waals surface area contributed by atoms with Crippen LogP contribution in [-0.4, -0.2) is 112 Å². The van der Waals surface area contributed by atoms with E-state index in [4.69, 9.17) is 38.4 Å². The first kappa shape index (κ1) is 101. The van der Waals surface area contributed by atoms with Crippen LogP contribution in [0.2, 0.25) is 0 Å². The molecule has 1 aliphatic heterocycles. The fourth-order valence-electron chi connectivity index (χ4n) is 6.83. The molecule has 0 bridgehead atoms. The Kier molecular flexibility index (Phi) is 68.8. The molecule has 13 rings (SSSR count). The largest absolute Gasteiger partial charge is 2.00 e. The standard InChI is InChI=1S/2C12H8N3.C11H7N4.C11H8P.C10H12N3.8CHO.4CH3.3Re.Rh/c2*1-2-6-10-9(5-1)14-12(15-10)11-7-3-4-8-13-11;1-2-6-12-8(4-1)11-14-9-5-3-7-13-10(9)15-11;1-2-6-10(7-3-1)11-8-4-5-9-12-11;1-7-8(2)13-10(12-7)9-5-3-4-6-11-9;8*1-2;;;;;;;;/h2*1-8H;1-7H;1-6,8-9H;3-8H,1-2H3;8*1H;4*1H3;;;;/q17*-1;;;;+2/p+1. The summed E-state index contributed by atoms with van der Waals surface area (Å²) in [5.74, 6) is 4.99. The Morgan fingerprint density at radius 2 is 0.755 bits per heavy atom. The second-order valence-electron chi connectivity index (χ2n) is 15.4. The average Bonchev–Trinajstić information content (AvgIpc) is 1.73. The van der Waals surface area contributed by atoms with Crippen LogP contribution < -0.4 is 15.0 Å². The molecule has 0 fully saturated rings. The van der Waals surface area contributed by atoms with Crippen LogP contribution in [0, 0.1) is 35.8 Å². The third-order valence-corrected chi connectivity index (χ3v) is 11.6. The molecule has 0 aliphatic carbocycles. The normalized spacial score (nSPS) is 10.5. The molecule has 21 nitrogen and oxygen atoms in total. The van der Waals surface area contributed by atoms with Crippen LogP contribution in [0.1, 0.15) is 19.5 Å². The van der Waals surface area contributed by atoms with Gasteiger partial charge in [-0.1, -0.05) is 111 Å². The molecule has 498 valence electrons. The zero-order valence-corrected chi connectivity index (χ0v) is 62.3. The van der Waals surface area contributed by atoms with Gasteiger partial charge in [-0.05, 0) is 112 Å². The van der Waals surface area contributed by atoms with Crippen molar-refractivity contribution in [3.63, 3.8) is 0 Å². The van der Waals surface area contributed by atoms with Crippen molar-refractivity contribution in [1.29, 1.82) is 0 Å². The summed E-state index contributed by atoms with van der Waals surface area (Å²) < 4.78 is 0. The number of amidine groups is 1. The molecule has 4 radical (unpaired) electrons. The molecular weight excluding hydrogens is 1820 g/mol. The Labute approximate surface area is 606 Å². The second kappa shape index (κ2) is 64.0. The number of hydrogen-bond acceptors (Lipinski definition) is 17. The molecule has 0 N–H and O–H groups in total. The summed E-state index contributed by atoms with van der Waals surface area (Å²) in [5.41, 5.74) is 9.62. The van der Waals surface area contributed by atoms with Gasteiger partial charge in [-0.3, -0.25) is 74.2 Å². The number of hydrogen-bond donors (Lipinski definition) is 0. The topological polar surface area (TPSA) is 308 Å². The molecule has 3 atom stereocenters. The maximum absolute atomic E-state index is 7.75. The number of pyridine rings is 5. The predicted molar refractivity (Wildman–Crippen MR) is 360 cm³/mol. The van der Waals surface area contributed by atoms with Crippen molar-refractivity contribution < 1.29 is 119 Å². The Morgan fingerprint density at radius 3 is 1.11 bits per heavy atom. The molecule has 0 spiro atoms. The van der Waals surface area contributed by atoms with Crippen molar-refractivity contribution in [2.45, 2.75) is 25.9 Å². The van der Waals surface area contributed by atoms with Crippen LogP contribution in [0.25, 0.3) is 84.0 Å².